The molecule has 0 radical (unpaired) electrons. The highest BCUT2D eigenvalue weighted by Gasteiger charge is 2.31. The zero-order valence-electron chi connectivity index (χ0n) is 24.6. The second kappa shape index (κ2) is 15.3. The van der Waals surface area contributed by atoms with E-state index < -0.39 is 21.9 Å². The molecular formula is C32H40FN3O5S. The Bertz CT molecular complexity index is 1420. The lowest BCUT2D eigenvalue weighted by Crippen LogP contribution is -2.51. The Kier molecular flexibility index (Phi) is 11.9. The fourth-order valence-electron chi connectivity index (χ4n) is 4.58. The Morgan fingerprint density at radius 3 is 2.19 bits per heavy atom. The van der Waals surface area contributed by atoms with E-state index in [9.17, 15) is 22.4 Å². The molecular weight excluding hydrogens is 557 g/mol. The van der Waals surface area contributed by atoms with Crippen LogP contribution in [0.4, 0.5) is 10.1 Å². The maximum Gasteiger partial charge on any atom is 0.243 e. The van der Waals surface area contributed by atoms with Gasteiger partial charge in [-0.15, -0.1) is 0 Å². The van der Waals surface area contributed by atoms with E-state index in [-0.39, 0.29) is 50.1 Å². The van der Waals surface area contributed by atoms with Crippen molar-refractivity contribution in [1.82, 2.24) is 10.2 Å². The number of carbonyl (C=O) groups excluding carboxylic acids is 2. The van der Waals surface area contributed by atoms with Crippen molar-refractivity contribution in [1.29, 1.82) is 0 Å². The molecule has 1 unspecified atom stereocenters. The van der Waals surface area contributed by atoms with E-state index in [4.69, 9.17) is 4.74 Å². The second-order valence-corrected chi connectivity index (χ2v) is 12.5. The monoisotopic (exact) mass is 597 g/mol. The number of anilines is 1. The summed E-state index contributed by atoms with van der Waals surface area (Å²) in [5.74, 6) is -0.381. The molecule has 0 spiro atoms. The van der Waals surface area contributed by atoms with Gasteiger partial charge >= 0.3 is 0 Å². The summed E-state index contributed by atoms with van der Waals surface area (Å²) in [6, 6.07) is 21.2. The lowest BCUT2D eigenvalue weighted by atomic mass is 10.0. The molecule has 0 heterocycles. The van der Waals surface area contributed by atoms with Crippen LogP contribution in [0.2, 0.25) is 0 Å². The predicted molar refractivity (Wildman–Crippen MR) is 163 cm³/mol. The molecule has 3 aromatic rings. The van der Waals surface area contributed by atoms with Crippen molar-refractivity contribution in [2.75, 3.05) is 30.8 Å². The maximum atomic E-state index is 13.9. The zero-order valence-corrected chi connectivity index (χ0v) is 25.4. The van der Waals surface area contributed by atoms with Gasteiger partial charge in [-0.05, 0) is 47.7 Å². The van der Waals surface area contributed by atoms with Crippen molar-refractivity contribution in [3.63, 3.8) is 0 Å². The molecule has 1 atom stereocenters. The summed E-state index contributed by atoms with van der Waals surface area (Å²) in [6.45, 7) is 4.56. The van der Waals surface area contributed by atoms with Gasteiger partial charge in [0.15, 0.2) is 0 Å². The van der Waals surface area contributed by atoms with E-state index in [1.807, 2.05) is 44.2 Å². The summed E-state index contributed by atoms with van der Waals surface area (Å²) >= 11 is 0. The molecule has 226 valence electrons. The van der Waals surface area contributed by atoms with E-state index in [2.05, 4.69) is 5.32 Å². The van der Waals surface area contributed by atoms with Crippen molar-refractivity contribution in [2.24, 2.45) is 5.92 Å². The number of methoxy groups -OCH3 is 1. The smallest absolute Gasteiger partial charge is 0.243 e. The standard InChI is InChI=1S/C32H40FN3O5S/c1-24(2)22-34-32(38)29(21-25-11-6-5-7-12-25)35(23-26-16-18-27(33)19-17-26)31(37)15-10-20-36(42(4,39)40)28-13-8-9-14-30(28)41-3/h5-9,11-14,16-19,24,29H,10,15,20-23H2,1-4H3,(H,34,38). The summed E-state index contributed by atoms with van der Waals surface area (Å²) in [5.41, 5.74) is 1.94. The van der Waals surface area contributed by atoms with E-state index in [1.54, 1.807) is 36.4 Å². The van der Waals surface area contributed by atoms with Crippen LogP contribution in [0.25, 0.3) is 0 Å². The first kappa shape index (κ1) is 32.6. The normalized spacial score (nSPS) is 12.0. The van der Waals surface area contributed by atoms with Crippen LogP contribution in [0, 0.1) is 11.7 Å². The molecule has 3 rings (SSSR count). The zero-order chi connectivity index (χ0) is 30.7. The molecule has 0 fully saturated rings. The maximum absolute atomic E-state index is 13.9. The van der Waals surface area contributed by atoms with Gasteiger partial charge < -0.3 is 15.0 Å². The molecule has 0 saturated heterocycles. The first-order valence-electron chi connectivity index (χ1n) is 14.0. The molecule has 0 bridgehead atoms. The van der Waals surface area contributed by atoms with Gasteiger partial charge in [-0.2, -0.15) is 0 Å². The molecule has 3 aromatic carbocycles. The number of hydrogen-bond donors (Lipinski definition) is 1. The van der Waals surface area contributed by atoms with Gasteiger partial charge in [0.25, 0.3) is 0 Å². The SMILES string of the molecule is COc1ccccc1N(CCCC(=O)N(Cc1ccc(F)cc1)C(Cc1ccccc1)C(=O)NCC(C)C)S(C)(=O)=O. The van der Waals surface area contributed by atoms with Crippen molar-refractivity contribution in [3.8, 4) is 5.75 Å². The van der Waals surface area contributed by atoms with Crippen LogP contribution in [-0.2, 0) is 32.6 Å². The largest absolute Gasteiger partial charge is 0.495 e. The number of amides is 2. The minimum Gasteiger partial charge on any atom is -0.495 e. The summed E-state index contributed by atoms with van der Waals surface area (Å²) in [6.07, 6.45) is 1.59. The highest BCUT2D eigenvalue weighted by molar-refractivity contribution is 7.92. The number of hydrogen-bond acceptors (Lipinski definition) is 5. The third-order valence-electron chi connectivity index (χ3n) is 6.73. The minimum atomic E-state index is -3.68. The van der Waals surface area contributed by atoms with Crippen molar-refractivity contribution < 1.29 is 27.1 Å². The van der Waals surface area contributed by atoms with Gasteiger partial charge in [0.05, 0.1) is 19.1 Å². The molecule has 0 aromatic heterocycles. The van der Waals surface area contributed by atoms with Crippen LogP contribution >= 0.6 is 0 Å². The third kappa shape index (κ3) is 9.58. The fraction of sp³-hybridized carbons (Fsp3) is 0.375. The quantitative estimate of drug-likeness (QED) is 0.272. The molecule has 1 N–H and O–H groups in total. The molecule has 0 aliphatic carbocycles. The van der Waals surface area contributed by atoms with E-state index >= 15 is 0 Å². The number of nitrogens with zero attached hydrogens (tertiary/aromatic N) is 2. The van der Waals surface area contributed by atoms with Crippen LogP contribution in [0.15, 0.2) is 78.9 Å². The molecule has 42 heavy (non-hydrogen) atoms. The number of benzene rings is 3. The first-order chi connectivity index (χ1) is 20.0. The van der Waals surface area contributed by atoms with Crippen molar-refractivity contribution in [2.45, 2.75) is 45.7 Å². The number of para-hydroxylation sites is 2. The Morgan fingerprint density at radius 2 is 1.57 bits per heavy atom. The predicted octanol–water partition coefficient (Wildman–Crippen LogP) is 4.79. The van der Waals surface area contributed by atoms with Gasteiger partial charge in [0, 0.05) is 32.5 Å². The lowest BCUT2D eigenvalue weighted by molar-refractivity contribution is -0.141. The van der Waals surface area contributed by atoms with E-state index in [0.717, 1.165) is 11.8 Å². The summed E-state index contributed by atoms with van der Waals surface area (Å²) in [4.78, 5) is 28.9. The van der Waals surface area contributed by atoms with E-state index in [1.165, 1.54) is 28.4 Å². The molecule has 10 heteroatoms. The number of rotatable bonds is 15. The highest BCUT2D eigenvalue weighted by atomic mass is 32.2. The van der Waals surface area contributed by atoms with Gasteiger partial charge in [0.1, 0.15) is 17.6 Å². The van der Waals surface area contributed by atoms with Crippen LogP contribution in [0.5, 0.6) is 5.75 Å². The Balaban J connectivity index is 1.89. The van der Waals surface area contributed by atoms with Crippen LogP contribution in [0.3, 0.4) is 0 Å². The molecule has 0 saturated carbocycles. The topological polar surface area (TPSA) is 96.0 Å². The number of ether oxygens (including phenoxy) is 1. The molecule has 2 amide bonds. The van der Waals surface area contributed by atoms with Crippen LogP contribution in [-0.4, -0.2) is 57.6 Å². The summed E-state index contributed by atoms with van der Waals surface area (Å²) in [5, 5.41) is 2.97. The molecule has 8 nitrogen and oxygen atoms in total. The summed E-state index contributed by atoms with van der Waals surface area (Å²) in [7, 11) is -2.21. The van der Waals surface area contributed by atoms with E-state index in [0.29, 0.717) is 23.5 Å². The van der Waals surface area contributed by atoms with Crippen molar-refractivity contribution in [3.05, 3.63) is 95.8 Å². The number of nitrogens with one attached hydrogen (secondary N) is 1. The molecule has 0 aliphatic heterocycles. The van der Waals surface area contributed by atoms with Crippen molar-refractivity contribution >= 4 is 27.5 Å². The summed E-state index contributed by atoms with van der Waals surface area (Å²) < 4.78 is 45.6. The number of halogens is 1. The third-order valence-corrected chi connectivity index (χ3v) is 7.91. The van der Waals surface area contributed by atoms with Crippen LogP contribution < -0.4 is 14.4 Å². The highest BCUT2D eigenvalue weighted by Crippen LogP contribution is 2.30. The average molecular weight is 598 g/mol. The number of carbonyl (C=O) groups is 2. The van der Waals surface area contributed by atoms with Gasteiger partial charge in [0.2, 0.25) is 21.8 Å². The average Bonchev–Trinajstić information content (AvgIpc) is 2.96. The second-order valence-electron chi connectivity index (χ2n) is 10.6. The van der Waals surface area contributed by atoms with Gasteiger partial charge in [-0.25, -0.2) is 12.8 Å². The fourth-order valence-corrected chi connectivity index (χ4v) is 5.55. The van der Waals surface area contributed by atoms with Crippen LogP contribution in [0.1, 0.15) is 37.8 Å². The van der Waals surface area contributed by atoms with Gasteiger partial charge in [-0.3, -0.25) is 13.9 Å². The number of sulfonamides is 1. The van der Waals surface area contributed by atoms with Gasteiger partial charge in [-0.1, -0.05) is 68.4 Å². The lowest BCUT2D eigenvalue weighted by Gasteiger charge is -2.32. The Hall–Kier alpha value is -3.92. The first-order valence-corrected chi connectivity index (χ1v) is 15.8. The minimum absolute atomic E-state index is 0.00882. The Morgan fingerprint density at radius 1 is 0.929 bits per heavy atom. The molecule has 0 aliphatic rings. The Labute approximate surface area is 248 Å².